The molecule has 1 unspecified atom stereocenters. The molecule has 1 heteroatoms. The van der Waals surface area contributed by atoms with Gasteiger partial charge in [-0.3, -0.25) is 0 Å². The summed E-state index contributed by atoms with van der Waals surface area (Å²) in [6.07, 6.45) is 10.5. The molecule has 4 fully saturated rings. The molecular weight excluding hydrogens is 194 g/mol. The average Bonchev–Trinajstić information content (AvgIpc) is 2.13. The van der Waals surface area contributed by atoms with Crippen LogP contribution in [0.5, 0.6) is 0 Å². The third-order valence-corrected chi connectivity index (χ3v) is 5.69. The molecule has 0 aliphatic heterocycles. The second kappa shape index (κ2) is 3.73. The van der Waals surface area contributed by atoms with Crippen molar-refractivity contribution in [3.63, 3.8) is 0 Å². The molecule has 2 N–H and O–H groups in total. The molecule has 4 bridgehead atoms. The van der Waals surface area contributed by atoms with E-state index in [0.717, 1.165) is 17.8 Å². The minimum atomic E-state index is 0.441. The minimum absolute atomic E-state index is 0.441. The van der Waals surface area contributed by atoms with Gasteiger partial charge in [-0.05, 0) is 74.0 Å². The van der Waals surface area contributed by atoms with Gasteiger partial charge in [0.15, 0.2) is 0 Å². The van der Waals surface area contributed by atoms with Crippen molar-refractivity contribution in [3.8, 4) is 0 Å². The van der Waals surface area contributed by atoms with Gasteiger partial charge in [0, 0.05) is 6.04 Å². The summed E-state index contributed by atoms with van der Waals surface area (Å²) in [5, 5.41) is 0. The zero-order valence-corrected chi connectivity index (χ0v) is 10.9. The van der Waals surface area contributed by atoms with Crippen molar-refractivity contribution < 1.29 is 0 Å². The Morgan fingerprint density at radius 2 is 1.44 bits per heavy atom. The predicted molar refractivity (Wildman–Crippen MR) is 68.0 cm³/mol. The van der Waals surface area contributed by atoms with Crippen molar-refractivity contribution in [1.29, 1.82) is 0 Å². The first-order chi connectivity index (χ1) is 7.56. The highest BCUT2D eigenvalue weighted by Crippen LogP contribution is 2.61. The number of nitrogens with two attached hydrogens (primary N) is 1. The molecular formula is C15H27N. The van der Waals surface area contributed by atoms with E-state index in [0.29, 0.717) is 17.4 Å². The molecule has 0 spiro atoms. The Kier molecular flexibility index (Phi) is 2.58. The summed E-state index contributed by atoms with van der Waals surface area (Å²) in [7, 11) is 0. The second-order valence-electron chi connectivity index (χ2n) is 7.53. The standard InChI is InChI=1S/C15H27N/c1-10(2)14(16)9-15-6-11-3-12(7-15)5-13(4-11)8-15/h10-14H,3-9,16H2,1-2H3. The summed E-state index contributed by atoms with van der Waals surface area (Å²) < 4.78 is 0. The van der Waals surface area contributed by atoms with Gasteiger partial charge in [-0.1, -0.05) is 13.8 Å². The Morgan fingerprint density at radius 3 is 1.81 bits per heavy atom. The lowest BCUT2D eigenvalue weighted by Gasteiger charge is -2.57. The smallest absolute Gasteiger partial charge is 0.00671 e. The maximum Gasteiger partial charge on any atom is 0.00671 e. The molecule has 0 aromatic heterocycles. The van der Waals surface area contributed by atoms with Crippen LogP contribution >= 0.6 is 0 Å². The summed E-state index contributed by atoms with van der Waals surface area (Å²) >= 11 is 0. The highest BCUT2D eigenvalue weighted by Gasteiger charge is 2.51. The molecule has 1 atom stereocenters. The van der Waals surface area contributed by atoms with E-state index in [1.807, 2.05) is 0 Å². The lowest BCUT2D eigenvalue weighted by atomic mass is 9.48. The predicted octanol–water partition coefficient (Wildman–Crippen LogP) is 3.58. The van der Waals surface area contributed by atoms with E-state index in [9.17, 15) is 0 Å². The van der Waals surface area contributed by atoms with Gasteiger partial charge in [0.1, 0.15) is 0 Å². The van der Waals surface area contributed by atoms with Crippen LogP contribution in [0.2, 0.25) is 0 Å². The van der Waals surface area contributed by atoms with Gasteiger partial charge >= 0.3 is 0 Å². The first-order valence-electron chi connectivity index (χ1n) is 7.32. The quantitative estimate of drug-likeness (QED) is 0.774. The van der Waals surface area contributed by atoms with Crippen molar-refractivity contribution in [2.75, 3.05) is 0 Å². The van der Waals surface area contributed by atoms with E-state index in [4.69, 9.17) is 5.73 Å². The molecule has 0 aromatic rings. The highest BCUT2D eigenvalue weighted by atomic mass is 14.7. The molecule has 0 heterocycles. The van der Waals surface area contributed by atoms with E-state index in [1.54, 1.807) is 19.3 Å². The van der Waals surface area contributed by atoms with E-state index >= 15 is 0 Å². The zero-order valence-electron chi connectivity index (χ0n) is 10.9. The first kappa shape index (κ1) is 11.1. The van der Waals surface area contributed by atoms with Crippen LogP contribution in [0, 0.1) is 29.1 Å². The van der Waals surface area contributed by atoms with Gasteiger partial charge in [-0.15, -0.1) is 0 Å². The van der Waals surface area contributed by atoms with Crippen molar-refractivity contribution in [1.82, 2.24) is 0 Å². The molecule has 16 heavy (non-hydrogen) atoms. The van der Waals surface area contributed by atoms with Crippen molar-refractivity contribution in [2.45, 2.75) is 64.8 Å². The molecule has 4 saturated carbocycles. The molecule has 92 valence electrons. The molecule has 0 radical (unpaired) electrons. The lowest BCUT2D eigenvalue weighted by molar-refractivity contribution is -0.0621. The van der Waals surface area contributed by atoms with Crippen LogP contribution in [0.1, 0.15) is 58.8 Å². The molecule has 4 rings (SSSR count). The molecule has 0 saturated heterocycles. The summed E-state index contributed by atoms with van der Waals surface area (Å²) in [6.45, 7) is 4.57. The Bertz CT molecular complexity index is 233. The van der Waals surface area contributed by atoms with Crippen molar-refractivity contribution >= 4 is 0 Å². The van der Waals surface area contributed by atoms with Gasteiger partial charge in [0.25, 0.3) is 0 Å². The third kappa shape index (κ3) is 1.81. The topological polar surface area (TPSA) is 26.0 Å². The maximum absolute atomic E-state index is 6.34. The maximum atomic E-state index is 6.34. The Morgan fingerprint density at radius 1 is 1.00 bits per heavy atom. The van der Waals surface area contributed by atoms with Crippen LogP contribution in [0.3, 0.4) is 0 Å². The summed E-state index contributed by atoms with van der Waals surface area (Å²) in [5.41, 5.74) is 7.02. The molecule has 0 amide bonds. The molecule has 0 aromatic carbocycles. The Hall–Kier alpha value is -0.0400. The summed E-state index contributed by atoms with van der Waals surface area (Å²) in [5.74, 6) is 3.88. The van der Waals surface area contributed by atoms with Crippen LogP contribution in [0.25, 0.3) is 0 Å². The monoisotopic (exact) mass is 221 g/mol. The highest BCUT2D eigenvalue weighted by molar-refractivity contribution is 5.02. The first-order valence-corrected chi connectivity index (χ1v) is 7.32. The van der Waals surface area contributed by atoms with E-state index in [2.05, 4.69) is 13.8 Å². The fourth-order valence-corrected chi connectivity index (χ4v) is 5.28. The third-order valence-electron chi connectivity index (χ3n) is 5.69. The fraction of sp³-hybridized carbons (Fsp3) is 1.00. The number of hydrogen-bond donors (Lipinski definition) is 1. The van der Waals surface area contributed by atoms with Gasteiger partial charge in [-0.2, -0.15) is 0 Å². The number of rotatable bonds is 3. The Labute approximate surface area is 100 Å². The van der Waals surface area contributed by atoms with Gasteiger partial charge in [0.05, 0.1) is 0 Å². The number of hydrogen-bond acceptors (Lipinski definition) is 1. The van der Waals surface area contributed by atoms with E-state index < -0.39 is 0 Å². The summed E-state index contributed by atoms with van der Waals surface area (Å²) in [6, 6.07) is 0.441. The van der Waals surface area contributed by atoms with Crippen LogP contribution in [-0.4, -0.2) is 6.04 Å². The summed E-state index contributed by atoms with van der Waals surface area (Å²) in [4.78, 5) is 0. The van der Waals surface area contributed by atoms with Crippen LogP contribution < -0.4 is 5.73 Å². The van der Waals surface area contributed by atoms with Crippen molar-refractivity contribution in [2.24, 2.45) is 34.8 Å². The minimum Gasteiger partial charge on any atom is -0.327 e. The molecule has 1 nitrogen and oxygen atoms in total. The SMILES string of the molecule is CC(C)C(N)CC12CC3CC(CC(C3)C1)C2. The fourth-order valence-electron chi connectivity index (χ4n) is 5.28. The van der Waals surface area contributed by atoms with Gasteiger partial charge in [0.2, 0.25) is 0 Å². The normalized spacial score (nSPS) is 47.6. The van der Waals surface area contributed by atoms with Crippen LogP contribution in [-0.2, 0) is 0 Å². The van der Waals surface area contributed by atoms with Crippen LogP contribution in [0.15, 0.2) is 0 Å². The largest absolute Gasteiger partial charge is 0.327 e. The molecule has 4 aliphatic rings. The Balaban J connectivity index is 1.73. The zero-order chi connectivity index (χ0) is 11.3. The van der Waals surface area contributed by atoms with Gasteiger partial charge < -0.3 is 5.73 Å². The second-order valence-corrected chi connectivity index (χ2v) is 7.53. The van der Waals surface area contributed by atoms with Crippen molar-refractivity contribution in [3.05, 3.63) is 0 Å². The van der Waals surface area contributed by atoms with Crippen LogP contribution in [0.4, 0.5) is 0 Å². The van der Waals surface area contributed by atoms with E-state index in [-0.39, 0.29) is 0 Å². The average molecular weight is 221 g/mol. The van der Waals surface area contributed by atoms with E-state index in [1.165, 1.54) is 25.7 Å². The lowest BCUT2D eigenvalue weighted by Crippen LogP contribution is -2.48. The molecule has 4 aliphatic carbocycles. The van der Waals surface area contributed by atoms with Gasteiger partial charge in [-0.25, -0.2) is 0 Å².